The van der Waals surface area contributed by atoms with Crippen LogP contribution in [0.1, 0.15) is 40.5 Å². The summed E-state index contributed by atoms with van der Waals surface area (Å²) in [4.78, 5) is 0. The number of hydrogen-bond donors (Lipinski definition) is 2. The Kier molecular flexibility index (Phi) is 7.49. The second-order valence-corrected chi connectivity index (χ2v) is 9.12. The van der Waals surface area contributed by atoms with Gasteiger partial charge in [0.1, 0.15) is 0 Å². The molecule has 0 amide bonds. The summed E-state index contributed by atoms with van der Waals surface area (Å²) < 4.78 is 47.9. The molecule has 0 aromatic carbocycles. The van der Waals surface area contributed by atoms with E-state index in [2.05, 4.69) is 9.44 Å². The third-order valence-electron chi connectivity index (χ3n) is 2.02. The molecular formula is C11H26N2O4S2. The molecule has 0 aromatic rings. The number of sulfonamides is 2. The number of nitrogens with one attached hydrogen (secondary N) is 2. The lowest BCUT2D eigenvalue weighted by molar-refractivity contribution is 0.566. The zero-order valence-corrected chi connectivity index (χ0v) is 13.9. The summed E-state index contributed by atoms with van der Waals surface area (Å²) in [6.45, 7) is 7.23. The number of hydrogen-bond acceptors (Lipinski definition) is 4. The Morgan fingerprint density at radius 2 is 1.37 bits per heavy atom. The van der Waals surface area contributed by atoms with Gasteiger partial charge in [0, 0.05) is 12.1 Å². The van der Waals surface area contributed by atoms with E-state index < -0.39 is 20.0 Å². The van der Waals surface area contributed by atoms with Crippen molar-refractivity contribution in [1.29, 1.82) is 0 Å². The van der Waals surface area contributed by atoms with Crippen LogP contribution in [0, 0.1) is 5.92 Å². The Balaban J connectivity index is 0.000000362. The molecule has 0 atom stereocenters. The van der Waals surface area contributed by atoms with Gasteiger partial charge in [0.05, 0.1) is 12.0 Å². The van der Waals surface area contributed by atoms with Crippen molar-refractivity contribution in [2.45, 2.75) is 52.6 Å². The van der Waals surface area contributed by atoms with Crippen LogP contribution in [0.2, 0.25) is 0 Å². The average molecular weight is 314 g/mol. The van der Waals surface area contributed by atoms with E-state index in [1.165, 1.54) is 0 Å². The van der Waals surface area contributed by atoms with E-state index in [-0.39, 0.29) is 12.1 Å². The molecule has 0 spiro atoms. The third kappa shape index (κ3) is 14.0. The summed E-state index contributed by atoms with van der Waals surface area (Å²) >= 11 is 0. The highest BCUT2D eigenvalue weighted by molar-refractivity contribution is 7.89. The molecule has 0 saturated heterocycles. The van der Waals surface area contributed by atoms with Gasteiger partial charge in [0.15, 0.2) is 0 Å². The minimum absolute atomic E-state index is 0.00463. The standard InChI is InChI=1S/C7H15NO2S.C4H11NO2S/c1-6(2)8-11(9,10)5-7-3-4-7;1-4(2)5-8(3,6)7/h6-8H,3-5H2,1-2H3;4-5H,1-3H3. The molecule has 0 heterocycles. The molecule has 0 bridgehead atoms. The Labute approximate surface area is 117 Å². The zero-order valence-electron chi connectivity index (χ0n) is 12.3. The van der Waals surface area contributed by atoms with Gasteiger partial charge >= 0.3 is 0 Å². The second kappa shape index (κ2) is 7.56. The molecule has 2 N–H and O–H groups in total. The Hall–Kier alpha value is -0.180. The minimum atomic E-state index is -2.97. The Bertz CT molecular complexity index is 441. The lowest BCUT2D eigenvalue weighted by atomic mass is 10.4. The smallest absolute Gasteiger partial charge is 0.212 e. The van der Waals surface area contributed by atoms with E-state index in [0.29, 0.717) is 11.7 Å². The van der Waals surface area contributed by atoms with Gasteiger partial charge in [-0.2, -0.15) is 0 Å². The molecule has 8 heteroatoms. The Morgan fingerprint density at radius 3 is 1.58 bits per heavy atom. The van der Waals surface area contributed by atoms with Crippen LogP contribution in [0.5, 0.6) is 0 Å². The van der Waals surface area contributed by atoms with Gasteiger partial charge < -0.3 is 0 Å². The monoisotopic (exact) mass is 314 g/mol. The predicted octanol–water partition coefficient (Wildman–Crippen LogP) is 0.668. The van der Waals surface area contributed by atoms with Crippen LogP contribution in [-0.2, 0) is 20.0 Å². The molecule has 1 fully saturated rings. The Morgan fingerprint density at radius 1 is 0.947 bits per heavy atom. The van der Waals surface area contributed by atoms with Crippen molar-refractivity contribution in [2.75, 3.05) is 12.0 Å². The molecule has 0 aromatic heterocycles. The van der Waals surface area contributed by atoms with E-state index in [1.54, 1.807) is 13.8 Å². The molecule has 1 saturated carbocycles. The number of rotatable bonds is 6. The van der Waals surface area contributed by atoms with Crippen LogP contribution < -0.4 is 9.44 Å². The largest absolute Gasteiger partial charge is 0.213 e. The topological polar surface area (TPSA) is 92.3 Å². The van der Waals surface area contributed by atoms with E-state index in [9.17, 15) is 16.8 Å². The highest BCUT2D eigenvalue weighted by Gasteiger charge is 2.27. The highest BCUT2D eigenvalue weighted by atomic mass is 32.2. The first kappa shape index (κ1) is 18.8. The van der Waals surface area contributed by atoms with Crippen LogP contribution in [0.25, 0.3) is 0 Å². The molecule has 1 aliphatic carbocycles. The minimum Gasteiger partial charge on any atom is -0.213 e. The van der Waals surface area contributed by atoms with Gasteiger partial charge in [-0.15, -0.1) is 0 Å². The van der Waals surface area contributed by atoms with Gasteiger partial charge in [0.2, 0.25) is 20.0 Å². The lowest BCUT2D eigenvalue weighted by Gasteiger charge is -2.07. The summed E-state index contributed by atoms with van der Waals surface area (Å²) in [5, 5.41) is 0. The summed E-state index contributed by atoms with van der Waals surface area (Å²) in [5.74, 6) is 0.761. The van der Waals surface area contributed by atoms with Crippen LogP contribution in [0.15, 0.2) is 0 Å². The van der Waals surface area contributed by atoms with Gasteiger partial charge in [0.25, 0.3) is 0 Å². The van der Waals surface area contributed by atoms with Gasteiger partial charge in [-0.25, -0.2) is 26.3 Å². The molecule has 0 radical (unpaired) electrons. The average Bonchev–Trinajstić information content (AvgIpc) is 2.79. The van der Waals surface area contributed by atoms with Crippen molar-refractivity contribution in [2.24, 2.45) is 5.92 Å². The quantitative estimate of drug-likeness (QED) is 0.753. The van der Waals surface area contributed by atoms with Crippen molar-refractivity contribution in [3.63, 3.8) is 0 Å². The van der Waals surface area contributed by atoms with Crippen molar-refractivity contribution < 1.29 is 16.8 Å². The first-order valence-electron chi connectivity index (χ1n) is 6.38. The van der Waals surface area contributed by atoms with Gasteiger partial charge in [-0.1, -0.05) is 0 Å². The second-order valence-electron chi connectivity index (χ2n) is 5.54. The first-order chi connectivity index (χ1) is 8.41. The molecule has 6 nitrogen and oxygen atoms in total. The van der Waals surface area contributed by atoms with Crippen molar-refractivity contribution in [1.82, 2.24) is 9.44 Å². The summed E-state index contributed by atoms with van der Waals surface area (Å²) in [6, 6.07) is 0.0312. The maximum atomic E-state index is 11.2. The summed E-state index contributed by atoms with van der Waals surface area (Å²) in [7, 11) is -5.94. The van der Waals surface area contributed by atoms with Crippen LogP contribution in [-0.4, -0.2) is 40.9 Å². The van der Waals surface area contributed by atoms with Crippen LogP contribution >= 0.6 is 0 Å². The molecule has 19 heavy (non-hydrogen) atoms. The van der Waals surface area contributed by atoms with Gasteiger partial charge in [-0.3, -0.25) is 0 Å². The lowest BCUT2D eigenvalue weighted by Crippen LogP contribution is -2.32. The summed E-state index contributed by atoms with van der Waals surface area (Å²) in [5.41, 5.74) is 0. The van der Waals surface area contributed by atoms with Crippen molar-refractivity contribution >= 4 is 20.0 Å². The maximum Gasteiger partial charge on any atom is 0.212 e. The fourth-order valence-electron chi connectivity index (χ4n) is 1.43. The van der Waals surface area contributed by atoms with Crippen molar-refractivity contribution in [3.05, 3.63) is 0 Å². The highest BCUT2D eigenvalue weighted by Crippen LogP contribution is 2.29. The van der Waals surface area contributed by atoms with Gasteiger partial charge in [-0.05, 0) is 46.5 Å². The molecule has 0 aliphatic heterocycles. The molecule has 116 valence electrons. The van der Waals surface area contributed by atoms with Crippen LogP contribution in [0.3, 0.4) is 0 Å². The van der Waals surface area contributed by atoms with E-state index in [1.807, 2.05) is 13.8 Å². The zero-order chi connectivity index (χ0) is 15.3. The summed E-state index contributed by atoms with van der Waals surface area (Å²) in [6.07, 6.45) is 3.31. The van der Waals surface area contributed by atoms with E-state index in [0.717, 1.165) is 19.1 Å². The van der Waals surface area contributed by atoms with E-state index >= 15 is 0 Å². The fourth-order valence-corrected chi connectivity index (χ4v) is 4.05. The van der Waals surface area contributed by atoms with Crippen LogP contribution in [0.4, 0.5) is 0 Å². The fraction of sp³-hybridized carbons (Fsp3) is 1.00. The van der Waals surface area contributed by atoms with E-state index in [4.69, 9.17) is 0 Å². The molecular weight excluding hydrogens is 288 g/mol. The molecule has 0 unspecified atom stereocenters. The molecule has 1 aliphatic rings. The molecule has 1 rings (SSSR count). The first-order valence-corrected chi connectivity index (χ1v) is 9.93. The normalized spacial score (nSPS) is 16.4. The predicted molar refractivity (Wildman–Crippen MR) is 77.9 cm³/mol. The van der Waals surface area contributed by atoms with Crippen molar-refractivity contribution in [3.8, 4) is 0 Å². The maximum absolute atomic E-state index is 11.2. The third-order valence-corrected chi connectivity index (χ3v) is 4.66. The SMILES string of the molecule is CC(C)NS(=O)(=O)CC1CC1.CC(C)NS(C)(=O)=O.